The molecule has 0 unspecified atom stereocenters. The second kappa shape index (κ2) is 3.13. The minimum absolute atomic E-state index is 0.489. The number of aromatic nitrogens is 1. The van der Waals surface area contributed by atoms with Gasteiger partial charge in [-0.25, -0.2) is 4.98 Å². The van der Waals surface area contributed by atoms with Crippen molar-refractivity contribution >= 4 is 22.2 Å². The van der Waals surface area contributed by atoms with E-state index in [0.29, 0.717) is 5.69 Å². The number of rotatable bonds is 1. The van der Waals surface area contributed by atoms with Gasteiger partial charge in [-0.15, -0.1) is 0 Å². The van der Waals surface area contributed by atoms with Crippen LogP contribution in [0.4, 0.5) is 0 Å². The van der Waals surface area contributed by atoms with Crippen LogP contribution in [0.25, 0.3) is 0 Å². The molecule has 1 rings (SSSR count). The molecule has 0 aromatic carbocycles. The van der Waals surface area contributed by atoms with Crippen molar-refractivity contribution < 1.29 is 4.79 Å². The van der Waals surface area contributed by atoms with Crippen LogP contribution in [0.5, 0.6) is 0 Å². The van der Waals surface area contributed by atoms with Gasteiger partial charge in [0.25, 0.3) is 0 Å². The Morgan fingerprint density at radius 3 is 2.64 bits per heavy atom. The predicted octanol–water partition coefficient (Wildman–Crippen LogP) is 2.27. The van der Waals surface area contributed by atoms with E-state index in [-0.39, 0.29) is 0 Å². The molecule has 0 saturated heterocycles. The SMILES string of the molecule is Cc1cc(C=O)nc(C)c1Br. The molecule has 11 heavy (non-hydrogen) atoms. The fourth-order valence-electron chi connectivity index (χ4n) is 0.906. The molecule has 0 amide bonds. The second-order valence-electron chi connectivity index (χ2n) is 2.38. The number of hydrogen-bond donors (Lipinski definition) is 0. The molecule has 0 bridgehead atoms. The molecule has 3 heteroatoms. The maximum atomic E-state index is 10.3. The predicted molar refractivity (Wildman–Crippen MR) is 46.8 cm³/mol. The summed E-state index contributed by atoms with van der Waals surface area (Å²) in [4.78, 5) is 14.4. The molecule has 2 nitrogen and oxygen atoms in total. The van der Waals surface area contributed by atoms with Crippen molar-refractivity contribution in [1.29, 1.82) is 0 Å². The fourth-order valence-corrected chi connectivity index (χ4v) is 1.11. The number of aryl methyl sites for hydroxylation is 2. The van der Waals surface area contributed by atoms with Gasteiger partial charge in [0.2, 0.25) is 0 Å². The number of pyridine rings is 1. The van der Waals surface area contributed by atoms with Crippen LogP contribution in [0.3, 0.4) is 0 Å². The first-order valence-corrected chi connectivity index (χ1v) is 4.03. The first-order valence-electron chi connectivity index (χ1n) is 3.24. The molecule has 58 valence electrons. The Bertz CT molecular complexity index is 273. The van der Waals surface area contributed by atoms with Gasteiger partial charge in [-0.3, -0.25) is 4.79 Å². The van der Waals surface area contributed by atoms with Crippen molar-refractivity contribution in [2.24, 2.45) is 0 Å². The third-order valence-electron chi connectivity index (χ3n) is 1.45. The van der Waals surface area contributed by atoms with Crippen LogP contribution >= 0.6 is 15.9 Å². The summed E-state index contributed by atoms with van der Waals surface area (Å²) in [7, 11) is 0. The highest BCUT2D eigenvalue weighted by molar-refractivity contribution is 9.10. The van der Waals surface area contributed by atoms with Crippen molar-refractivity contribution in [3.8, 4) is 0 Å². The smallest absolute Gasteiger partial charge is 0.168 e. The topological polar surface area (TPSA) is 30.0 Å². The van der Waals surface area contributed by atoms with Gasteiger partial charge in [0.15, 0.2) is 6.29 Å². The summed E-state index contributed by atoms with van der Waals surface area (Å²) in [6.45, 7) is 3.80. The minimum Gasteiger partial charge on any atom is -0.296 e. The van der Waals surface area contributed by atoms with E-state index < -0.39 is 0 Å². The van der Waals surface area contributed by atoms with E-state index in [1.807, 2.05) is 13.8 Å². The third-order valence-corrected chi connectivity index (χ3v) is 2.65. The molecule has 1 heterocycles. The maximum absolute atomic E-state index is 10.3. The first-order chi connectivity index (χ1) is 5.15. The Morgan fingerprint density at radius 2 is 2.18 bits per heavy atom. The van der Waals surface area contributed by atoms with E-state index in [0.717, 1.165) is 22.0 Å². The van der Waals surface area contributed by atoms with E-state index in [9.17, 15) is 4.79 Å². The Hall–Kier alpha value is -0.700. The first kappa shape index (κ1) is 8.40. The van der Waals surface area contributed by atoms with Crippen molar-refractivity contribution in [2.75, 3.05) is 0 Å². The quantitative estimate of drug-likeness (QED) is 0.671. The molecule has 0 aliphatic rings. The fraction of sp³-hybridized carbons (Fsp3) is 0.250. The van der Waals surface area contributed by atoms with E-state index >= 15 is 0 Å². The summed E-state index contributed by atoms with van der Waals surface area (Å²) >= 11 is 3.36. The van der Waals surface area contributed by atoms with Gasteiger partial charge in [0, 0.05) is 4.47 Å². The van der Waals surface area contributed by atoms with Crippen LogP contribution in [0.1, 0.15) is 21.7 Å². The third kappa shape index (κ3) is 1.66. The molecular weight excluding hydrogens is 206 g/mol. The standard InChI is InChI=1S/C8H8BrNO/c1-5-3-7(4-11)10-6(2)8(5)9/h3-4H,1-2H3. The highest BCUT2D eigenvalue weighted by Gasteiger charge is 2.01. The summed E-state index contributed by atoms with van der Waals surface area (Å²) in [6.07, 6.45) is 0.756. The zero-order valence-electron chi connectivity index (χ0n) is 6.39. The maximum Gasteiger partial charge on any atom is 0.168 e. The number of aldehydes is 1. The summed E-state index contributed by atoms with van der Waals surface area (Å²) in [5.74, 6) is 0. The Balaban J connectivity index is 3.31. The second-order valence-corrected chi connectivity index (χ2v) is 3.17. The molecular formula is C8H8BrNO. The van der Waals surface area contributed by atoms with Crippen LogP contribution in [0.15, 0.2) is 10.5 Å². The molecule has 0 aliphatic carbocycles. The number of nitrogens with zero attached hydrogens (tertiary/aromatic N) is 1. The average molecular weight is 214 g/mol. The van der Waals surface area contributed by atoms with Gasteiger partial charge in [-0.2, -0.15) is 0 Å². The molecule has 0 atom stereocenters. The number of carbonyl (C=O) groups is 1. The minimum atomic E-state index is 0.489. The molecule has 1 aromatic rings. The van der Waals surface area contributed by atoms with E-state index in [4.69, 9.17) is 0 Å². The lowest BCUT2D eigenvalue weighted by Crippen LogP contribution is -1.93. The Kier molecular flexibility index (Phi) is 2.39. The van der Waals surface area contributed by atoms with E-state index in [1.54, 1.807) is 6.07 Å². The van der Waals surface area contributed by atoms with E-state index in [1.165, 1.54) is 0 Å². The van der Waals surface area contributed by atoms with Gasteiger partial charge in [-0.05, 0) is 41.4 Å². The zero-order chi connectivity index (χ0) is 8.43. The summed E-state index contributed by atoms with van der Waals surface area (Å²) in [5.41, 5.74) is 2.38. The number of halogens is 1. The van der Waals surface area contributed by atoms with Crippen LogP contribution < -0.4 is 0 Å². The highest BCUT2D eigenvalue weighted by atomic mass is 79.9. The molecule has 0 fully saturated rings. The van der Waals surface area contributed by atoms with Crippen molar-refractivity contribution in [3.63, 3.8) is 0 Å². The lowest BCUT2D eigenvalue weighted by molar-refractivity contribution is 0.111. The Morgan fingerprint density at radius 1 is 1.55 bits per heavy atom. The summed E-state index contributed by atoms with van der Waals surface area (Å²) in [6, 6.07) is 1.75. The van der Waals surface area contributed by atoms with Gasteiger partial charge < -0.3 is 0 Å². The van der Waals surface area contributed by atoms with Crippen LogP contribution in [0, 0.1) is 13.8 Å². The number of hydrogen-bond acceptors (Lipinski definition) is 2. The molecule has 0 spiro atoms. The van der Waals surface area contributed by atoms with E-state index in [2.05, 4.69) is 20.9 Å². The molecule has 0 saturated carbocycles. The van der Waals surface area contributed by atoms with Crippen molar-refractivity contribution in [1.82, 2.24) is 4.98 Å². The molecule has 1 aromatic heterocycles. The van der Waals surface area contributed by atoms with Gasteiger partial charge in [-0.1, -0.05) is 0 Å². The van der Waals surface area contributed by atoms with Crippen LogP contribution in [-0.2, 0) is 0 Å². The molecule has 0 radical (unpaired) electrons. The molecule has 0 N–H and O–H groups in total. The number of carbonyl (C=O) groups excluding carboxylic acids is 1. The zero-order valence-corrected chi connectivity index (χ0v) is 7.97. The van der Waals surface area contributed by atoms with Crippen molar-refractivity contribution in [2.45, 2.75) is 13.8 Å². The highest BCUT2D eigenvalue weighted by Crippen LogP contribution is 2.18. The monoisotopic (exact) mass is 213 g/mol. The lowest BCUT2D eigenvalue weighted by Gasteiger charge is -2.01. The van der Waals surface area contributed by atoms with Crippen LogP contribution in [-0.4, -0.2) is 11.3 Å². The van der Waals surface area contributed by atoms with Crippen molar-refractivity contribution in [3.05, 3.63) is 27.5 Å². The largest absolute Gasteiger partial charge is 0.296 e. The normalized spacial score (nSPS) is 9.73. The van der Waals surface area contributed by atoms with Gasteiger partial charge in [0.05, 0.1) is 5.69 Å². The lowest BCUT2D eigenvalue weighted by atomic mass is 10.2. The van der Waals surface area contributed by atoms with Gasteiger partial charge >= 0.3 is 0 Å². The average Bonchev–Trinajstić information content (AvgIpc) is 1.99. The molecule has 0 aliphatic heterocycles. The van der Waals surface area contributed by atoms with Crippen LogP contribution in [0.2, 0.25) is 0 Å². The summed E-state index contributed by atoms with van der Waals surface area (Å²) in [5, 5.41) is 0. The van der Waals surface area contributed by atoms with Gasteiger partial charge in [0.1, 0.15) is 5.69 Å². The summed E-state index contributed by atoms with van der Waals surface area (Å²) < 4.78 is 0.975. The Labute approximate surface area is 73.8 Å².